The van der Waals surface area contributed by atoms with Crippen molar-refractivity contribution < 1.29 is 9.59 Å². The Bertz CT molecular complexity index is 444. The predicted octanol–water partition coefficient (Wildman–Crippen LogP) is 6.40. The summed E-state index contributed by atoms with van der Waals surface area (Å²) in [6.45, 7) is 27.6. The largest absolute Gasteiger partial charge is 0.431 e. The minimum atomic E-state index is -2.24. The SMILES string of the molecule is C[SiH](CCCS[Si](C)(C)C)P(PC(C)(C)[Si](C)(C)O)C(C)(C)[Si](C)(C)O. The van der Waals surface area contributed by atoms with Crippen molar-refractivity contribution in [3.05, 3.63) is 0 Å². The molecule has 3 atom stereocenters. The quantitative estimate of drug-likeness (QED) is 0.201. The summed E-state index contributed by atoms with van der Waals surface area (Å²) in [6.07, 6.45) is 1.34. The van der Waals surface area contributed by atoms with Gasteiger partial charge in [0, 0.05) is 9.56 Å². The van der Waals surface area contributed by atoms with E-state index < -0.39 is 32.3 Å². The second-order valence-corrected chi connectivity index (χ2v) is 43.3. The summed E-state index contributed by atoms with van der Waals surface area (Å²) < 4.78 is 0.124. The molecule has 0 fully saturated rings. The first-order valence-electron chi connectivity index (χ1n) is 9.88. The Hall–Kier alpha value is 2.00. The Morgan fingerprint density at radius 1 is 0.923 bits per heavy atom. The molecule has 0 aromatic heterocycles. The summed E-state index contributed by atoms with van der Waals surface area (Å²) in [5.74, 6) is 1.31. The molecule has 0 aromatic carbocycles. The van der Waals surface area contributed by atoms with E-state index in [2.05, 4.69) is 91.3 Å². The van der Waals surface area contributed by atoms with E-state index in [0.717, 1.165) is 8.27 Å². The maximum absolute atomic E-state index is 11.1. The second kappa shape index (κ2) is 9.87. The van der Waals surface area contributed by atoms with Crippen LogP contribution in [0.1, 0.15) is 34.1 Å². The molecule has 2 N–H and O–H groups in total. The third-order valence-electron chi connectivity index (χ3n) is 5.77. The molecule has 0 saturated carbocycles. The normalized spacial score (nSPS) is 17.8. The van der Waals surface area contributed by atoms with E-state index in [1.165, 1.54) is 18.2 Å². The van der Waals surface area contributed by atoms with Crippen LogP contribution in [0.2, 0.25) is 58.4 Å². The highest BCUT2D eigenvalue weighted by atomic mass is 32.4. The maximum Gasteiger partial charge on any atom is 0.192 e. The van der Waals surface area contributed by atoms with Crippen LogP contribution in [0.3, 0.4) is 0 Å². The molecule has 158 valence electrons. The molecule has 0 aromatic rings. The smallest absolute Gasteiger partial charge is 0.192 e. The topological polar surface area (TPSA) is 40.5 Å². The molecule has 26 heavy (non-hydrogen) atoms. The van der Waals surface area contributed by atoms with Gasteiger partial charge in [-0.2, -0.15) is 11.2 Å². The zero-order valence-electron chi connectivity index (χ0n) is 19.4. The van der Waals surface area contributed by atoms with Crippen LogP contribution in [0.25, 0.3) is 0 Å². The van der Waals surface area contributed by atoms with Gasteiger partial charge in [0.25, 0.3) is 0 Å². The van der Waals surface area contributed by atoms with Crippen LogP contribution in [-0.2, 0) is 0 Å². The van der Waals surface area contributed by atoms with Crippen molar-refractivity contribution in [1.82, 2.24) is 0 Å². The minimum Gasteiger partial charge on any atom is -0.431 e. The monoisotopic (exact) mass is 488 g/mol. The molecule has 0 rings (SSSR count). The fraction of sp³-hybridized carbons (Fsp3) is 1.00. The van der Waals surface area contributed by atoms with Crippen molar-refractivity contribution in [2.24, 2.45) is 0 Å². The van der Waals surface area contributed by atoms with Crippen LogP contribution in [0.15, 0.2) is 0 Å². The van der Waals surface area contributed by atoms with Crippen LogP contribution < -0.4 is 0 Å². The fourth-order valence-electron chi connectivity index (χ4n) is 2.42. The van der Waals surface area contributed by atoms with Gasteiger partial charge in [-0.3, -0.25) is 0 Å². The highest BCUT2D eigenvalue weighted by Crippen LogP contribution is 2.73. The summed E-state index contributed by atoms with van der Waals surface area (Å²) >= 11 is 2.21. The molecule has 0 spiro atoms. The molecular formula is C17H46O2P2SSi4. The average Bonchev–Trinajstić information content (AvgIpc) is 2.36. The van der Waals surface area contributed by atoms with Gasteiger partial charge in [-0.15, -0.1) is 0 Å². The van der Waals surface area contributed by atoms with Crippen LogP contribution in [-0.4, -0.2) is 57.2 Å². The van der Waals surface area contributed by atoms with Gasteiger partial charge in [-0.05, 0) is 38.4 Å². The van der Waals surface area contributed by atoms with Crippen molar-refractivity contribution in [3.8, 4) is 0 Å². The van der Waals surface area contributed by atoms with Gasteiger partial charge >= 0.3 is 0 Å². The highest BCUT2D eigenvalue weighted by molar-refractivity contribution is 8.38. The Morgan fingerprint density at radius 2 is 1.38 bits per heavy atom. The molecule has 0 aliphatic heterocycles. The summed E-state index contributed by atoms with van der Waals surface area (Å²) in [5, 5.41) is 0. The van der Waals surface area contributed by atoms with Gasteiger partial charge in [-0.1, -0.05) is 75.4 Å². The van der Waals surface area contributed by atoms with Gasteiger partial charge in [-0.25, -0.2) is 0 Å². The minimum absolute atomic E-state index is 0.0456. The zero-order chi connectivity index (χ0) is 21.2. The van der Waals surface area contributed by atoms with Crippen molar-refractivity contribution in [2.45, 2.75) is 102 Å². The molecule has 0 bridgehead atoms. The molecule has 9 heteroatoms. The molecule has 0 heterocycles. The first-order chi connectivity index (χ1) is 11.2. The van der Waals surface area contributed by atoms with E-state index in [1.54, 1.807) is 0 Å². The lowest BCUT2D eigenvalue weighted by molar-refractivity contribution is 0.522. The Labute approximate surface area is 175 Å². The lowest BCUT2D eigenvalue weighted by Gasteiger charge is -2.49. The van der Waals surface area contributed by atoms with Crippen LogP contribution in [0.4, 0.5) is 0 Å². The van der Waals surface area contributed by atoms with E-state index in [9.17, 15) is 9.59 Å². The van der Waals surface area contributed by atoms with Gasteiger partial charge in [0.1, 0.15) is 7.22 Å². The summed E-state index contributed by atoms with van der Waals surface area (Å²) in [7, 11) is -5.76. The Morgan fingerprint density at radius 3 is 1.73 bits per heavy atom. The average molecular weight is 489 g/mol. The van der Waals surface area contributed by atoms with Crippen molar-refractivity contribution in [3.63, 3.8) is 0 Å². The highest BCUT2D eigenvalue weighted by Gasteiger charge is 2.50. The lowest BCUT2D eigenvalue weighted by Crippen LogP contribution is -2.52. The molecule has 0 aliphatic carbocycles. The fourth-order valence-corrected chi connectivity index (χ4v) is 39.1. The molecule has 0 radical (unpaired) electrons. The van der Waals surface area contributed by atoms with Crippen molar-refractivity contribution >= 4 is 59.0 Å². The van der Waals surface area contributed by atoms with E-state index in [0.29, 0.717) is 0 Å². The number of hydrogen-bond acceptors (Lipinski definition) is 3. The summed E-state index contributed by atoms with van der Waals surface area (Å²) in [6, 6.07) is 1.40. The van der Waals surface area contributed by atoms with Crippen LogP contribution in [0.5, 0.6) is 0 Å². The van der Waals surface area contributed by atoms with E-state index >= 15 is 0 Å². The van der Waals surface area contributed by atoms with E-state index in [1.807, 2.05) is 0 Å². The zero-order valence-corrected chi connectivity index (χ0v) is 26.3. The Balaban J connectivity index is 5.35. The predicted molar refractivity (Wildman–Crippen MR) is 141 cm³/mol. The molecular weight excluding hydrogens is 443 g/mol. The van der Waals surface area contributed by atoms with Gasteiger partial charge in [0.05, 0.1) is 8.46 Å². The van der Waals surface area contributed by atoms with Gasteiger partial charge < -0.3 is 9.59 Å². The van der Waals surface area contributed by atoms with Crippen molar-refractivity contribution in [2.75, 3.05) is 5.75 Å². The molecule has 0 saturated heterocycles. The van der Waals surface area contributed by atoms with Crippen LogP contribution in [0, 0.1) is 0 Å². The number of hydrogen-bond donors (Lipinski definition) is 2. The molecule has 3 unspecified atom stereocenters. The van der Waals surface area contributed by atoms with Gasteiger partial charge in [0.15, 0.2) is 16.6 Å². The maximum atomic E-state index is 11.1. The van der Waals surface area contributed by atoms with E-state index in [-0.39, 0.29) is 16.7 Å². The van der Waals surface area contributed by atoms with E-state index in [4.69, 9.17) is 0 Å². The molecule has 0 aliphatic rings. The third kappa shape index (κ3) is 8.79. The Kier molecular flexibility index (Phi) is 10.6. The molecule has 2 nitrogen and oxygen atoms in total. The second-order valence-electron chi connectivity index (χ2n) is 10.7. The van der Waals surface area contributed by atoms with Crippen molar-refractivity contribution in [1.29, 1.82) is 0 Å². The summed E-state index contributed by atoms with van der Waals surface area (Å²) in [5.41, 5.74) is 0. The summed E-state index contributed by atoms with van der Waals surface area (Å²) in [4.78, 5) is 21.9. The third-order valence-corrected chi connectivity index (χ3v) is 41.7. The standard InChI is InChI=1S/C17H46O2P2SSi4/c1-16(2,25(9,10)18)20-21(17(3,4)26(11,12)19)23(5)15-13-14-22-24(6,7)8/h18-20,23H,13-15H2,1-12H3. The lowest BCUT2D eigenvalue weighted by atomic mass is 10.5. The van der Waals surface area contributed by atoms with Gasteiger partial charge in [0.2, 0.25) is 0 Å². The van der Waals surface area contributed by atoms with Crippen LogP contribution >= 0.6 is 26.6 Å². The number of rotatable bonds is 11. The first kappa shape index (κ1) is 28.0. The first-order valence-corrected chi connectivity index (χ1v) is 27.8. The molecule has 0 amide bonds.